The summed E-state index contributed by atoms with van der Waals surface area (Å²) < 4.78 is 3.52. The molecule has 3 nitrogen and oxygen atoms in total. The van der Waals surface area contributed by atoms with Gasteiger partial charge in [0.15, 0.2) is 0 Å². The van der Waals surface area contributed by atoms with Gasteiger partial charge in [-0.3, -0.25) is 0 Å². The number of nitrogens with zero attached hydrogens (tertiary/aromatic N) is 2. The van der Waals surface area contributed by atoms with Crippen LogP contribution in [0.15, 0.2) is 22.7 Å². The first-order valence-electron chi connectivity index (χ1n) is 6.16. The quantitative estimate of drug-likeness (QED) is 0.923. The van der Waals surface area contributed by atoms with Crippen LogP contribution in [0, 0.1) is 0 Å². The summed E-state index contributed by atoms with van der Waals surface area (Å²) in [6.07, 6.45) is 2.19. The Balaban J connectivity index is 2.19. The van der Waals surface area contributed by atoms with Crippen LogP contribution in [-0.4, -0.2) is 22.6 Å². The van der Waals surface area contributed by atoms with Crippen molar-refractivity contribution in [2.24, 2.45) is 0 Å². The first-order valence-corrected chi connectivity index (χ1v) is 6.96. The minimum atomic E-state index is 0.566. The maximum Gasteiger partial charge on any atom is 0.109 e. The number of fused-ring (bicyclic) bond motifs is 1. The van der Waals surface area contributed by atoms with E-state index in [9.17, 15) is 0 Å². The molecular formula is C13H16BrN3. The first kappa shape index (κ1) is 11.2. The molecule has 1 aliphatic heterocycles. The Labute approximate surface area is 109 Å². The molecule has 1 aromatic carbocycles. The van der Waals surface area contributed by atoms with Crippen LogP contribution in [0.4, 0.5) is 0 Å². The summed E-state index contributed by atoms with van der Waals surface area (Å²) in [7, 11) is 0. The van der Waals surface area contributed by atoms with Crippen molar-refractivity contribution in [2.45, 2.75) is 25.8 Å². The fraction of sp³-hybridized carbons (Fsp3) is 0.462. The Kier molecular flexibility index (Phi) is 2.92. The van der Waals surface area contributed by atoms with Crippen LogP contribution in [0.5, 0.6) is 0 Å². The highest BCUT2D eigenvalue weighted by atomic mass is 79.9. The smallest absolute Gasteiger partial charge is 0.109 e. The zero-order valence-electron chi connectivity index (χ0n) is 9.91. The molecule has 0 spiro atoms. The molecule has 1 aliphatic rings. The summed E-state index contributed by atoms with van der Waals surface area (Å²) in [6, 6.07) is 6.94. The van der Waals surface area contributed by atoms with Gasteiger partial charge < -0.3 is 9.88 Å². The van der Waals surface area contributed by atoms with Crippen molar-refractivity contribution in [3.63, 3.8) is 0 Å². The number of imidazole rings is 1. The van der Waals surface area contributed by atoms with E-state index in [1.807, 2.05) is 0 Å². The summed E-state index contributed by atoms with van der Waals surface area (Å²) in [5, 5.41) is 3.43. The molecule has 4 heteroatoms. The van der Waals surface area contributed by atoms with Crippen molar-refractivity contribution in [1.82, 2.24) is 14.9 Å². The minimum absolute atomic E-state index is 0.566. The molecule has 17 heavy (non-hydrogen) atoms. The maximum absolute atomic E-state index is 4.74. The van der Waals surface area contributed by atoms with E-state index in [4.69, 9.17) is 4.98 Å². The average molecular weight is 294 g/mol. The molecule has 0 amide bonds. The Morgan fingerprint density at radius 3 is 3.12 bits per heavy atom. The lowest BCUT2D eigenvalue weighted by Crippen LogP contribution is -2.15. The van der Waals surface area contributed by atoms with E-state index >= 15 is 0 Å². The van der Waals surface area contributed by atoms with Crippen molar-refractivity contribution in [1.29, 1.82) is 0 Å². The third kappa shape index (κ3) is 1.89. The van der Waals surface area contributed by atoms with E-state index < -0.39 is 0 Å². The average Bonchev–Trinajstić information content (AvgIpc) is 2.93. The molecule has 1 N–H and O–H groups in total. The van der Waals surface area contributed by atoms with Crippen LogP contribution in [0.3, 0.4) is 0 Å². The van der Waals surface area contributed by atoms with E-state index in [2.05, 4.69) is 50.9 Å². The maximum atomic E-state index is 4.74. The number of benzene rings is 1. The van der Waals surface area contributed by atoms with Crippen LogP contribution >= 0.6 is 15.9 Å². The number of hydrogen-bond acceptors (Lipinski definition) is 2. The van der Waals surface area contributed by atoms with Crippen molar-refractivity contribution in [3.05, 3.63) is 28.5 Å². The predicted octanol–water partition coefficient (Wildman–Crippen LogP) is 2.90. The number of halogens is 1. The van der Waals surface area contributed by atoms with Crippen molar-refractivity contribution < 1.29 is 0 Å². The van der Waals surface area contributed by atoms with E-state index in [0.29, 0.717) is 6.04 Å². The summed E-state index contributed by atoms with van der Waals surface area (Å²) in [4.78, 5) is 4.74. The summed E-state index contributed by atoms with van der Waals surface area (Å²) >= 11 is 3.51. The molecule has 0 radical (unpaired) electrons. The monoisotopic (exact) mass is 293 g/mol. The normalized spacial score (nSPS) is 20.2. The van der Waals surface area contributed by atoms with Crippen molar-refractivity contribution in [2.75, 3.05) is 13.1 Å². The van der Waals surface area contributed by atoms with E-state index in [1.165, 1.54) is 17.8 Å². The fourth-order valence-corrected chi connectivity index (χ4v) is 2.99. The summed E-state index contributed by atoms with van der Waals surface area (Å²) in [5.74, 6) is 1.20. The lowest BCUT2D eigenvalue weighted by molar-refractivity contribution is 0.539. The van der Waals surface area contributed by atoms with Gasteiger partial charge in [0.25, 0.3) is 0 Å². The number of hydrogen-bond donors (Lipinski definition) is 1. The number of aromatic nitrogens is 2. The molecule has 1 unspecified atom stereocenters. The molecule has 0 saturated carbocycles. The second-order valence-corrected chi connectivity index (χ2v) is 5.45. The molecule has 2 heterocycles. The van der Waals surface area contributed by atoms with Gasteiger partial charge in [0, 0.05) is 23.5 Å². The Hall–Kier alpha value is -0.870. The third-order valence-electron chi connectivity index (χ3n) is 3.44. The molecule has 0 bridgehead atoms. The van der Waals surface area contributed by atoms with E-state index in [1.54, 1.807) is 0 Å². The van der Waals surface area contributed by atoms with Crippen molar-refractivity contribution >= 4 is 27.0 Å². The molecule has 0 aliphatic carbocycles. The Morgan fingerprint density at radius 2 is 2.41 bits per heavy atom. The lowest BCUT2D eigenvalue weighted by atomic mass is 10.2. The molecule has 2 aromatic rings. The highest BCUT2D eigenvalue weighted by Gasteiger charge is 2.21. The topological polar surface area (TPSA) is 29.9 Å². The highest BCUT2D eigenvalue weighted by Crippen LogP contribution is 2.27. The Morgan fingerprint density at radius 1 is 1.53 bits per heavy atom. The van der Waals surface area contributed by atoms with Crippen molar-refractivity contribution in [3.8, 4) is 0 Å². The zero-order chi connectivity index (χ0) is 11.8. The van der Waals surface area contributed by atoms with Gasteiger partial charge >= 0.3 is 0 Å². The van der Waals surface area contributed by atoms with Crippen LogP contribution < -0.4 is 5.32 Å². The summed E-state index contributed by atoms with van der Waals surface area (Å²) in [6.45, 7) is 4.35. The van der Waals surface area contributed by atoms with Gasteiger partial charge in [-0.15, -0.1) is 0 Å². The Bertz CT molecular complexity index is 541. The largest absolute Gasteiger partial charge is 0.324 e. The van der Waals surface area contributed by atoms with Gasteiger partial charge in [-0.05, 0) is 31.2 Å². The third-order valence-corrected chi connectivity index (χ3v) is 3.93. The summed E-state index contributed by atoms with van der Waals surface area (Å²) in [5.41, 5.74) is 2.36. The SMILES string of the molecule is CCc1nc2cc(Br)ccc2n1C1CCNC1. The minimum Gasteiger partial charge on any atom is -0.324 e. The number of rotatable bonds is 2. The van der Waals surface area contributed by atoms with E-state index in [0.717, 1.165) is 29.5 Å². The second kappa shape index (κ2) is 4.42. The van der Waals surface area contributed by atoms with Crippen LogP contribution in [0.25, 0.3) is 11.0 Å². The lowest BCUT2D eigenvalue weighted by Gasteiger charge is -2.15. The molecule has 1 saturated heterocycles. The molecule has 3 rings (SSSR count). The molecule has 1 atom stereocenters. The van der Waals surface area contributed by atoms with Gasteiger partial charge in [0.1, 0.15) is 5.82 Å². The van der Waals surface area contributed by atoms with E-state index in [-0.39, 0.29) is 0 Å². The number of aryl methyl sites for hydroxylation is 1. The van der Waals surface area contributed by atoms with Crippen LogP contribution in [-0.2, 0) is 6.42 Å². The van der Waals surface area contributed by atoms with Gasteiger partial charge in [-0.25, -0.2) is 4.98 Å². The molecule has 1 fully saturated rings. The molecular weight excluding hydrogens is 278 g/mol. The van der Waals surface area contributed by atoms with Crippen LogP contribution in [0.2, 0.25) is 0 Å². The van der Waals surface area contributed by atoms with Gasteiger partial charge in [0.2, 0.25) is 0 Å². The first-order chi connectivity index (χ1) is 8.29. The fourth-order valence-electron chi connectivity index (χ4n) is 2.64. The van der Waals surface area contributed by atoms with Crippen LogP contribution in [0.1, 0.15) is 25.2 Å². The van der Waals surface area contributed by atoms with Gasteiger partial charge in [-0.1, -0.05) is 22.9 Å². The van der Waals surface area contributed by atoms with Gasteiger partial charge in [0.05, 0.1) is 11.0 Å². The highest BCUT2D eigenvalue weighted by molar-refractivity contribution is 9.10. The van der Waals surface area contributed by atoms with Gasteiger partial charge in [-0.2, -0.15) is 0 Å². The molecule has 1 aromatic heterocycles. The standard InChI is InChI=1S/C13H16BrN3/c1-2-13-16-11-7-9(14)3-4-12(11)17(13)10-5-6-15-8-10/h3-4,7,10,15H,2,5-6,8H2,1H3. The zero-order valence-corrected chi connectivity index (χ0v) is 11.5. The second-order valence-electron chi connectivity index (χ2n) is 4.53. The predicted molar refractivity (Wildman–Crippen MR) is 73.3 cm³/mol. The number of nitrogens with one attached hydrogen (secondary N) is 1. The molecule has 90 valence electrons.